The molecule has 0 fully saturated rings. The minimum absolute atomic E-state index is 0.0203. The van der Waals surface area contributed by atoms with Gasteiger partial charge in [0.1, 0.15) is 5.76 Å². The highest BCUT2D eigenvalue weighted by atomic mass is 16.3. The average molecular weight is 312 g/mol. The highest BCUT2D eigenvalue weighted by Gasteiger charge is 2.03. The predicted molar refractivity (Wildman–Crippen MR) is 91.0 cm³/mol. The summed E-state index contributed by atoms with van der Waals surface area (Å²) in [5.41, 5.74) is 1.28. The van der Waals surface area contributed by atoms with Crippen molar-refractivity contribution in [2.45, 2.75) is 26.2 Å². The van der Waals surface area contributed by atoms with Gasteiger partial charge in [0.05, 0.1) is 6.26 Å². The van der Waals surface area contributed by atoms with Gasteiger partial charge < -0.3 is 15.1 Å². The lowest BCUT2D eigenvalue weighted by Crippen LogP contribution is -2.12. The van der Waals surface area contributed by atoms with E-state index in [2.05, 4.69) is 10.6 Å². The summed E-state index contributed by atoms with van der Waals surface area (Å²) in [5, 5.41) is 5.56. The first-order valence-corrected chi connectivity index (χ1v) is 7.60. The Balaban J connectivity index is 1.91. The van der Waals surface area contributed by atoms with Crippen LogP contribution in [-0.2, 0) is 9.59 Å². The number of hydrogen-bond donors (Lipinski definition) is 2. The fraction of sp³-hybridized carbons (Fsp3) is 0.222. The molecule has 2 N–H and O–H groups in total. The number of hydrogen-bond acceptors (Lipinski definition) is 3. The van der Waals surface area contributed by atoms with Crippen molar-refractivity contribution in [2.24, 2.45) is 0 Å². The van der Waals surface area contributed by atoms with Crippen LogP contribution < -0.4 is 10.6 Å². The molecule has 5 heteroatoms. The van der Waals surface area contributed by atoms with E-state index in [1.807, 2.05) is 6.92 Å². The Morgan fingerprint density at radius 1 is 1.13 bits per heavy atom. The summed E-state index contributed by atoms with van der Waals surface area (Å²) < 4.78 is 5.11. The molecule has 1 aromatic carbocycles. The van der Waals surface area contributed by atoms with Gasteiger partial charge in [-0.3, -0.25) is 9.59 Å². The van der Waals surface area contributed by atoms with Crippen molar-refractivity contribution < 1.29 is 14.0 Å². The zero-order valence-corrected chi connectivity index (χ0v) is 13.0. The fourth-order valence-corrected chi connectivity index (χ4v) is 1.96. The van der Waals surface area contributed by atoms with Crippen LogP contribution in [0.25, 0.3) is 6.08 Å². The Labute approximate surface area is 135 Å². The Kier molecular flexibility index (Phi) is 6.17. The first-order valence-electron chi connectivity index (χ1n) is 7.60. The summed E-state index contributed by atoms with van der Waals surface area (Å²) in [6.45, 7) is 2.04. The van der Waals surface area contributed by atoms with Gasteiger partial charge in [0.25, 0.3) is 0 Å². The first-order chi connectivity index (χ1) is 11.2. The van der Waals surface area contributed by atoms with Crippen LogP contribution in [0.15, 0.2) is 53.2 Å². The number of carbonyl (C=O) groups is 2. The number of rotatable bonds is 7. The van der Waals surface area contributed by atoms with Gasteiger partial charge in [0.15, 0.2) is 0 Å². The van der Waals surface area contributed by atoms with Crippen LogP contribution in [-0.4, -0.2) is 11.8 Å². The molecular weight excluding hydrogens is 292 g/mol. The van der Waals surface area contributed by atoms with Crippen LogP contribution in [0, 0.1) is 0 Å². The molecule has 0 aliphatic carbocycles. The van der Waals surface area contributed by atoms with E-state index in [1.54, 1.807) is 48.7 Å². The molecule has 2 rings (SSSR count). The number of carbonyl (C=O) groups excluding carboxylic acids is 2. The van der Waals surface area contributed by atoms with Crippen molar-refractivity contribution in [2.75, 3.05) is 10.6 Å². The highest BCUT2D eigenvalue weighted by Crippen LogP contribution is 2.16. The molecular formula is C18H20N2O3. The van der Waals surface area contributed by atoms with Gasteiger partial charge >= 0.3 is 0 Å². The summed E-state index contributed by atoms with van der Waals surface area (Å²) in [6, 6.07) is 10.6. The summed E-state index contributed by atoms with van der Waals surface area (Å²) in [6.07, 6.45) is 6.86. The monoisotopic (exact) mass is 312 g/mol. The van der Waals surface area contributed by atoms with E-state index in [4.69, 9.17) is 4.42 Å². The van der Waals surface area contributed by atoms with Gasteiger partial charge in [0.2, 0.25) is 11.8 Å². The lowest BCUT2D eigenvalue weighted by Gasteiger charge is -2.07. The second-order valence-electron chi connectivity index (χ2n) is 5.07. The number of furan rings is 1. The second-order valence-corrected chi connectivity index (χ2v) is 5.07. The van der Waals surface area contributed by atoms with Crippen LogP contribution >= 0.6 is 0 Å². The quantitative estimate of drug-likeness (QED) is 0.757. The number of benzene rings is 1. The standard InChI is InChI=1S/C18H20N2O3/c1-2-3-9-17(21)19-14-6-4-7-15(13-14)20-18(22)11-10-16-8-5-12-23-16/h4-8,10-13H,2-3,9H2,1H3,(H,19,21)(H,20,22). The van der Waals surface area contributed by atoms with E-state index < -0.39 is 0 Å². The third-order valence-electron chi connectivity index (χ3n) is 3.11. The van der Waals surface area contributed by atoms with E-state index in [0.717, 1.165) is 12.8 Å². The molecule has 0 saturated heterocycles. The lowest BCUT2D eigenvalue weighted by molar-refractivity contribution is -0.116. The molecule has 1 heterocycles. The lowest BCUT2D eigenvalue weighted by atomic mass is 10.2. The molecule has 2 amide bonds. The van der Waals surface area contributed by atoms with E-state index >= 15 is 0 Å². The highest BCUT2D eigenvalue weighted by molar-refractivity contribution is 6.02. The molecule has 120 valence electrons. The average Bonchev–Trinajstić information content (AvgIpc) is 3.05. The number of amides is 2. The number of nitrogens with one attached hydrogen (secondary N) is 2. The van der Waals surface area contributed by atoms with E-state index in [0.29, 0.717) is 23.6 Å². The molecule has 0 atom stereocenters. The molecule has 23 heavy (non-hydrogen) atoms. The van der Waals surface area contributed by atoms with Gasteiger partial charge in [-0.05, 0) is 42.8 Å². The smallest absolute Gasteiger partial charge is 0.248 e. The first kappa shape index (κ1) is 16.5. The Morgan fingerprint density at radius 3 is 2.61 bits per heavy atom. The van der Waals surface area contributed by atoms with Crippen molar-refractivity contribution in [1.82, 2.24) is 0 Å². The fourth-order valence-electron chi connectivity index (χ4n) is 1.96. The number of anilines is 2. The minimum atomic E-state index is -0.268. The van der Waals surface area contributed by atoms with Crippen LogP contribution in [0.4, 0.5) is 11.4 Å². The van der Waals surface area contributed by atoms with Crippen molar-refractivity contribution in [1.29, 1.82) is 0 Å². The van der Waals surface area contributed by atoms with Gasteiger partial charge in [-0.25, -0.2) is 0 Å². The Hall–Kier alpha value is -2.82. The Morgan fingerprint density at radius 2 is 1.91 bits per heavy atom. The molecule has 1 aromatic heterocycles. The molecule has 0 unspecified atom stereocenters. The molecule has 5 nitrogen and oxygen atoms in total. The van der Waals surface area contributed by atoms with Gasteiger partial charge in [-0.1, -0.05) is 19.4 Å². The number of unbranched alkanes of at least 4 members (excludes halogenated alkanes) is 1. The molecule has 0 aliphatic rings. The maximum atomic E-state index is 11.9. The SMILES string of the molecule is CCCCC(=O)Nc1cccc(NC(=O)C=Cc2ccco2)c1. The molecule has 2 aromatic rings. The molecule has 0 spiro atoms. The molecule has 0 radical (unpaired) electrons. The zero-order valence-electron chi connectivity index (χ0n) is 13.0. The summed E-state index contributed by atoms with van der Waals surface area (Å²) in [5.74, 6) is 0.320. The van der Waals surface area contributed by atoms with E-state index in [1.165, 1.54) is 6.08 Å². The predicted octanol–water partition coefficient (Wildman–Crippen LogP) is 4.06. The van der Waals surface area contributed by atoms with Crippen molar-refractivity contribution >= 4 is 29.3 Å². The zero-order chi connectivity index (χ0) is 16.5. The van der Waals surface area contributed by atoms with E-state index in [9.17, 15) is 9.59 Å². The normalized spacial score (nSPS) is 10.7. The minimum Gasteiger partial charge on any atom is -0.465 e. The van der Waals surface area contributed by atoms with Gasteiger partial charge in [-0.2, -0.15) is 0 Å². The van der Waals surface area contributed by atoms with Crippen molar-refractivity contribution in [3.63, 3.8) is 0 Å². The van der Waals surface area contributed by atoms with E-state index in [-0.39, 0.29) is 11.8 Å². The summed E-state index contributed by atoms with van der Waals surface area (Å²) in [7, 11) is 0. The van der Waals surface area contributed by atoms with Crippen LogP contribution in [0.3, 0.4) is 0 Å². The van der Waals surface area contributed by atoms with Gasteiger partial charge in [-0.15, -0.1) is 0 Å². The maximum absolute atomic E-state index is 11.9. The van der Waals surface area contributed by atoms with Crippen molar-refractivity contribution in [3.05, 3.63) is 54.5 Å². The summed E-state index contributed by atoms with van der Waals surface area (Å²) in [4.78, 5) is 23.6. The third-order valence-corrected chi connectivity index (χ3v) is 3.11. The second kappa shape index (κ2) is 8.58. The van der Waals surface area contributed by atoms with Crippen molar-refractivity contribution in [3.8, 4) is 0 Å². The Bertz CT molecular complexity index is 675. The molecule has 0 saturated carbocycles. The topological polar surface area (TPSA) is 71.3 Å². The van der Waals surface area contributed by atoms with Crippen LogP contribution in [0.2, 0.25) is 0 Å². The largest absolute Gasteiger partial charge is 0.465 e. The molecule has 0 aliphatic heterocycles. The van der Waals surface area contributed by atoms with Gasteiger partial charge in [0, 0.05) is 23.9 Å². The van der Waals surface area contributed by atoms with Crippen LogP contribution in [0.1, 0.15) is 31.9 Å². The maximum Gasteiger partial charge on any atom is 0.248 e. The van der Waals surface area contributed by atoms with Crippen LogP contribution in [0.5, 0.6) is 0 Å². The third kappa shape index (κ3) is 5.82. The summed E-state index contributed by atoms with van der Waals surface area (Å²) >= 11 is 0. The molecule has 0 bridgehead atoms.